The van der Waals surface area contributed by atoms with Crippen LogP contribution in [-0.4, -0.2) is 26.8 Å². The molecule has 1 aromatic carbocycles. The standard InChI is InChI=1S/C24H37N3O/c1-17(2)21-8-10-22(11-9-21)24(5,28)15-25-14-20-6-12-23(13-7-20)27-16-26-18(3)19(27)4/h6-7,12-13,16-17,21-22,25,28H,8-11,14-15H2,1-5H3. The van der Waals surface area contributed by atoms with E-state index in [2.05, 4.69) is 59.9 Å². The number of imidazole rings is 1. The fourth-order valence-electron chi connectivity index (χ4n) is 4.55. The van der Waals surface area contributed by atoms with Gasteiger partial charge in [-0.25, -0.2) is 4.98 Å². The Bertz CT molecular complexity index is 753. The van der Waals surface area contributed by atoms with Crippen LogP contribution in [0.1, 0.15) is 63.4 Å². The van der Waals surface area contributed by atoms with Crippen molar-refractivity contribution in [1.29, 1.82) is 0 Å². The SMILES string of the molecule is Cc1ncn(-c2ccc(CNCC(C)(O)C3CCC(C(C)C)CC3)cc2)c1C. The number of nitrogens with one attached hydrogen (secondary N) is 1. The molecule has 1 heterocycles. The lowest BCUT2D eigenvalue weighted by atomic mass is 9.71. The van der Waals surface area contributed by atoms with Crippen molar-refractivity contribution in [3.8, 4) is 5.69 Å². The lowest BCUT2D eigenvalue weighted by molar-refractivity contribution is -0.0240. The highest BCUT2D eigenvalue weighted by Crippen LogP contribution is 2.38. The number of aromatic nitrogens is 2. The summed E-state index contributed by atoms with van der Waals surface area (Å²) >= 11 is 0. The van der Waals surface area contributed by atoms with Crippen molar-refractivity contribution in [2.24, 2.45) is 17.8 Å². The van der Waals surface area contributed by atoms with Gasteiger partial charge in [0, 0.05) is 24.5 Å². The summed E-state index contributed by atoms with van der Waals surface area (Å²) in [7, 11) is 0. The molecule has 0 aliphatic heterocycles. The van der Waals surface area contributed by atoms with Crippen LogP contribution < -0.4 is 5.32 Å². The molecular formula is C24H37N3O. The van der Waals surface area contributed by atoms with Gasteiger partial charge in [0.1, 0.15) is 0 Å². The summed E-state index contributed by atoms with van der Waals surface area (Å²) in [4.78, 5) is 4.37. The third-order valence-corrected chi connectivity index (χ3v) is 6.87. The summed E-state index contributed by atoms with van der Waals surface area (Å²) < 4.78 is 2.12. The molecule has 0 radical (unpaired) electrons. The predicted octanol–water partition coefficient (Wildman–Crippen LogP) is 4.79. The zero-order valence-electron chi connectivity index (χ0n) is 18.2. The van der Waals surface area contributed by atoms with Crippen molar-refractivity contribution in [3.05, 3.63) is 47.5 Å². The maximum absolute atomic E-state index is 11.0. The van der Waals surface area contributed by atoms with E-state index in [4.69, 9.17) is 0 Å². The van der Waals surface area contributed by atoms with Gasteiger partial charge in [-0.3, -0.25) is 0 Å². The minimum absolute atomic E-state index is 0.407. The van der Waals surface area contributed by atoms with Gasteiger partial charge in [-0.1, -0.05) is 26.0 Å². The van der Waals surface area contributed by atoms with Crippen molar-refractivity contribution < 1.29 is 5.11 Å². The highest BCUT2D eigenvalue weighted by Gasteiger charge is 2.35. The lowest BCUT2D eigenvalue weighted by Gasteiger charge is -2.39. The van der Waals surface area contributed by atoms with Gasteiger partial charge in [0.2, 0.25) is 0 Å². The molecular weight excluding hydrogens is 346 g/mol. The molecule has 2 N–H and O–H groups in total. The van der Waals surface area contributed by atoms with E-state index in [1.807, 2.05) is 20.2 Å². The first-order valence-electron chi connectivity index (χ1n) is 10.8. The summed E-state index contributed by atoms with van der Waals surface area (Å²) in [6.07, 6.45) is 6.69. The third kappa shape index (κ3) is 4.84. The van der Waals surface area contributed by atoms with Crippen LogP contribution in [0, 0.1) is 31.6 Å². The zero-order chi connectivity index (χ0) is 20.3. The van der Waals surface area contributed by atoms with E-state index in [0.717, 1.165) is 42.6 Å². The molecule has 1 aromatic heterocycles. The Morgan fingerprint density at radius 1 is 1.14 bits per heavy atom. The number of benzene rings is 1. The Labute approximate surface area is 170 Å². The number of hydrogen-bond acceptors (Lipinski definition) is 3. The summed E-state index contributed by atoms with van der Waals surface area (Å²) in [6, 6.07) is 8.58. The highest BCUT2D eigenvalue weighted by molar-refractivity contribution is 5.37. The van der Waals surface area contributed by atoms with Crippen LogP contribution in [0.5, 0.6) is 0 Å². The number of aliphatic hydroxyl groups is 1. The smallest absolute Gasteiger partial charge is 0.0997 e. The van der Waals surface area contributed by atoms with E-state index in [0.29, 0.717) is 12.5 Å². The quantitative estimate of drug-likeness (QED) is 0.722. The number of hydrogen-bond donors (Lipinski definition) is 2. The van der Waals surface area contributed by atoms with Crippen molar-refractivity contribution >= 4 is 0 Å². The van der Waals surface area contributed by atoms with Crippen LogP contribution in [0.4, 0.5) is 0 Å². The predicted molar refractivity (Wildman–Crippen MR) is 116 cm³/mol. The summed E-state index contributed by atoms with van der Waals surface area (Å²) in [5, 5.41) is 14.5. The Kier molecular flexibility index (Phi) is 6.61. The molecule has 1 atom stereocenters. The van der Waals surface area contributed by atoms with Crippen LogP contribution in [0.2, 0.25) is 0 Å². The molecule has 1 saturated carbocycles. The minimum Gasteiger partial charge on any atom is -0.389 e. The second kappa shape index (κ2) is 8.79. The van der Waals surface area contributed by atoms with Gasteiger partial charge in [0.25, 0.3) is 0 Å². The molecule has 3 rings (SSSR count). The van der Waals surface area contributed by atoms with Gasteiger partial charge in [-0.05, 0) is 81.9 Å². The van der Waals surface area contributed by atoms with Gasteiger partial charge >= 0.3 is 0 Å². The maximum Gasteiger partial charge on any atom is 0.0997 e. The van der Waals surface area contributed by atoms with E-state index >= 15 is 0 Å². The Balaban J connectivity index is 1.50. The molecule has 1 aliphatic rings. The van der Waals surface area contributed by atoms with Crippen molar-refractivity contribution in [1.82, 2.24) is 14.9 Å². The van der Waals surface area contributed by atoms with Crippen molar-refractivity contribution in [3.63, 3.8) is 0 Å². The van der Waals surface area contributed by atoms with Gasteiger partial charge in [0.15, 0.2) is 0 Å². The van der Waals surface area contributed by atoms with Crippen LogP contribution >= 0.6 is 0 Å². The molecule has 1 fully saturated rings. The topological polar surface area (TPSA) is 50.1 Å². The molecule has 0 bridgehead atoms. The van der Waals surface area contributed by atoms with Crippen molar-refractivity contribution in [2.75, 3.05) is 6.54 Å². The Morgan fingerprint density at radius 2 is 1.79 bits per heavy atom. The van der Waals surface area contributed by atoms with E-state index in [-0.39, 0.29) is 0 Å². The average Bonchev–Trinajstić information content (AvgIpc) is 3.01. The molecule has 28 heavy (non-hydrogen) atoms. The molecule has 2 aromatic rings. The molecule has 154 valence electrons. The number of aryl methyl sites for hydroxylation is 1. The van der Waals surface area contributed by atoms with Crippen LogP contribution in [-0.2, 0) is 6.54 Å². The molecule has 1 unspecified atom stereocenters. The molecule has 0 spiro atoms. The monoisotopic (exact) mass is 383 g/mol. The minimum atomic E-state index is -0.632. The van der Waals surface area contributed by atoms with Crippen LogP contribution in [0.3, 0.4) is 0 Å². The van der Waals surface area contributed by atoms with Gasteiger partial charge in [-0.15, -0.1) is 0 Å². The second-order valence-corrected chi connectivity index (χ2v) is 9.27. The molecule has 1 aliphatic carbocycles. The lowest BCUT2D eigenvalue weighted by Crippen LogP contribution is -2.45. The van der Waals surface area contributed by atoms with E-state index in [9.17, 15) is 5.11 Å². The number of rotatable bonds is 7. The first-order valence-corrected chi connectivity index (χ1v) is 10.8. The fourth-order valence-corrected chi connectivity index (χ4v) is 4.55. The highest BCUT2D eigenvalue weighted by atomic mass is 16.3. The van der Waals surface area contributed by atoms with Gasteiger partial charge in [0.05, 0.1) is 17.6 Å². The van der Waals surface area contributed by atoms with E-state index in [1.165, 1.54) is 24.1 Å². The maximum atomic E-state index is 11.0. The van der Waals surface area contributed by atoms with Gasteiger partial charge in [-0.2, -0.15) is 0 Å². The fraction of sp³-hybridized carbons (Fsp3) is 0.625. The van der Waals surface area contributed by atoms with Crippen molar-refractivity contribution in [2.45, 2.75) is 72.4 Å². The second-order valence-electron chi connectivity index (χ2n) is 9.27. The first-order chi connectivity index (χ1) is 13.3. The summed E-state index contributed by atoms with van der Waals surface area (Å²) in [6.45, 7) is 12.2. The summed E-state index contributed by atoms with van der Waals surface area (Å²) in [5.74, 6) is 2.01. The normalized spacial score (nSPS) is 22.4. The molecule has 4 heteroatoms. The zero-order valence-corrected chi connectivity index (χ0v) is 18.2. The third-order valence-electron chi connectivity index (χ3n) is 6.87. The van der Waals surface area contributed by atoms with Crippen LogP contribution in [0.25, 0.3) is 5.69 Å². The Hall–Kier alpha value is -1.65. The molecule has 0 amide bonds. The first kappa shape index (κ1) is 21.1. The average molecular weight is 384 g/mol. The van der Waals surface area contributed by atoms with E-state index in [1.54, 1.807) is 0 Å². The molecule has 0 saturated heterocycles. The van der Waals surface area contributed by atoms with Crippen LogP contribution in [0.15, 0.2) is 30.6 Å². The number of nitrogens with zero attached hydrogens (tertiary/aromatic N) is 2. The van der Waals surface area contributed by atoms with E-state index < -0.39 is 5.60 Å². The largest absolute Gasteiger partial charge is 0.389 e. The molecule has 4 nitrogen and oxygen atoms in total. The summed E-state index contributed by atoms with van der Waals surface area (Å²) in [5.41, 5.74) is 3.98. The Morgan fingerprint density at radius 3 is 2.32 bits per heavy atom. The van der Waals surface area contributed by atoms with Gasteiger partial charge < -0.3 is 15.0 Å².